The molecule has 0 saturated carbocycles. The van der Waals surface area contributed by atoms with Gasteiger partial charge in [0.05, 0.1) is 15.7 Å². The standard InChI is InChI=1S/C15H13Cl2FN2O/c16-11-7-10(8-12(17)14(11)19)15(21)20-6-5-9-3-1-2-4-13(9)18/h1-4,7-8H,5-6,19H2,(H,20,21). The van der Waals surface area contributed by atoms with E-state index < -0.39 is 0 Å². The molecule has 0 saturated heterocycles. The maximum Gasteiger partial charge on any atom is 0.251 e. The molecule has 0 heterocycles. The molecule has 0 aliphatic heterocycles. The van der Waals surface area contributed by atoms with Gasteiger partial charge in [0.25, 0.3) is 5.91 Å². The van der Waals surface area contributed by atoms with Gasteiger partial charge in [-0.15, -0.1) is 0 Å². The number of carbonyl (C=O) groups is 1. The van der Waals surface area contributed by atoms with Crippen molar-refractivity contribution in [2.24, 2.45) is 0 Å². The van der Waals surface area contributed by atoms with E-state index in [9.17, 15) is 9.18 Å². The van der Waals surface area contributed by atoms with Crippen LogP contribution in [0.15, 0.2) is 36.4 Å². The molecule has 21 heavy (non-hydrogen) atoms. The van der Waals surface area contributed by atoms with E-state index >= 15 is 0 Å². The molecular formula is C15H13Cl2FN2O. The van der Waals surface area contributed by atoms with Gasteiger partial charge >= 0.3 is 0 Å². The van der Waals surface area contributed by atoms with Gasteiger partial charge in [-0.2, -0.15) is 0 Å². The van der Waals surface area contributed by atoms with Crippen LogP contribution in [0, 0.1) is 5.82 Å². The Bertz CT molecular complexity index is 653. The highest BCUT2D eigenvalue weighted by Gasteiger charge is 2.11. The first kappa shape index (κ1) is 15.6. The fourth-order valence-electron chi connectivity index (χ4n) is 1.83. The van der Waals surface area contributed by atoms with Gasteiger partial charge < -0.3 is 11.1 Å². The summed E-state index contributed by atoms with van der Waals surface area (Å²) in [4.78, 5) is 12.0. The molecule has 110 valence electrons. The number of anilines is 1. The number of halogens is 3. The molecular weight excluding hydrogens is 314 g/mol. The monoisotopic (exact) mass is 326 g/mol. The van der Waals surface area contributed by atoms with Crippen molar-refractivity contribution >= 4 is 34.8 Å². The number of amides is 1. The van der Waals surface area contributed by atoms with Gasteiger partial charge in [0.15, 0.2) is 0 Å². The Labute approximate surface area is 131 Å². The molecule has 2 aromatic rings. The van der Waals surface area contributed by atoms with E-state index in [0.29, 0.717) is 24.1 Å². The van der Waals surface area contributed by atoms with Gasteiger partial charge in [-0.3, -0.25) is 4.79 Å². The summed E-state index contributed by atoms with van der Waals surface area (Å²) in [6.45, 7) is 0.305. The third-order valence-electron chi connectivity index (χ3n) is 2.98. The van der Waals surface area contributed by atoms with E-state index in [2.05, 4.69) is 5.32 Å². The van der Waals surface area contributed by atoms with Crippen molar-refractivity contribution in [3.05, 3.63) is 63.4 Å². The van der Waals surface area contributed by atoms with Crippen LogP contribution in [0.4, 0.5) is 10.1 Å². The number of nitrogens with two attached hydrogens (primary N) is 1. The third-order valence-corrected chi connectivity index (χ3v) is 3.60. The summed E-state index contributed by atoms with van der Waals surface area (Å²) in [7, 11) is 0. The highest BCUT2D eigenvalue weighted by atomic mass is 35.5. The molecule has 0 aliphatic rings. The van der Waals surface area contributed by atoms with E-state index in [-0.39, 0.29) is 27.5 Å². The van der Waals surface area contributed by atoms with E-state index in [1.807, 2.05) is 0 Å². The molecule has 0 spiro atoms. The van der Waals surface area contributed by atoms with Crippen LogP contribution < -0.4 is 11.1 Å². The second kappa shape index (κ2) is 6.78. The quantitative estimate of drug-likeness (QED) is 0.842. The minimum Gasteiger partial charge on any atom is -0.396 e. The maximum absolute atomic E-state index is 13.4. The van der Waals surface area contributed by atoms with Crippen molar-refractivity contribution in [2.75, 3.05) is 12.3 Å². The van der Waals surface area contributed by atoms with Crippen LogP contribution in [0.2, 0.25) is 10.0 Å². The molecule has 3 nitrogen and oxygen atoms in total. The molecule has 0 unspecified atom stereocenters. The summed E-state index contributed by atoms with van der Waals surface area (Å²) >= 11 is 11.7. The molecule has 0 bridgehead atoms. The topological polar surface area (TPSA) is 55.1 Å². The highest BCUT2D eigenvalue weighted by Crippen LogP contribution is 2.28. The lowest BCUT2D eigenvalue weighted by atomic mass is 10.1. The average Bonchev–Trinajstić information content (AvgIpc) is 2.46. The van der Waals surface area contributed by atoms with E-state index in [4.69, 9.17) is 28.9 Å². The lowest BCUT2D eigenvalue weighted by Gasteiger charge is -2.08. The third kappa shape index (κ3) is 3.86. The average molecular weight is 327 g/mol. The number of nitrogens with one attached hydrogen (secondary N) is 1. The zero-order valence-electron chi connectivity index (χ0n) is 11.0. The first-order valence-electron chi connectivity index (χ1n) is 6.25. The predicted octanol–water partition coefficient (Wildman–Crippen LogP) is 3.69. The van der Waals surface area contributed by atoms with Crippen molar-refractivity contribution in [1.82, 2.24) is 5.32 Å². The van der Waals surface area contributed by atoms with Gasteiger partial charge in [0.2, 0.25) is 0 Å². The lowest BCUT2D eigenvalue weighted by Crippen LogP contribution is -2.26. The van der Waals surface area contributed by atoms with Crippen LogP contribution in [0.1, 0.15) is 15.9 Å². The first-order chi connectivity index (χ1) is 9.99. The van der Waals surface area contributed by atoms with Crippen molar-refractivity contribution in [2.45, 2.75) is 6.42 Å². The normalized spacial score (nSPS) is 10.4. The fourth-order valence-corrected chi connectivity index (χ4v) is 2.32. The molecule has 1 amide bonds. The molecule has 2 rings (SSSR count). The molecule has 0 aromatic heterocycles. The number of rotatable bonds is 4. The van der Waals surface area contributed by atoms with Crippen LogP contribution >= 0.6 is 23.2 Å². The van der Waals surface area contributed by atoms with Gasteiger partial charge in [0.1, 0.15) is 5.82 Å². The van der Waals surface area contributed by atoms with Crippen molar-refractivity contribution < 1.29 is 9.18 Å². The molecule has 6 heteroatoms. The van der Waals surface area contributed by atoms with Gasteiger partial charge in [-0.25, -0.2) is 4.39 Å². The van der Waals surface area contributed by atoms with Crippen LogP contribution in [0.5, 0.6) is 0 Å². The summed E-state index contributed by atoms with van der Waals surface area (Å²) in [5.74, 6) is -0.625. The Morgan fingerprint density at radius 3 is 2.43 bits per heavy atom. The van der Waals surface area contributed by atoms with Gasteiger partial charge in [-0.1, -0.05) is 41.4 Å². The molecule has 3 N–H and O–H groups in total. The molecule has 0 aliphatic carbocycles. The number of carbonyl (C=O) groups excluding carboxylic acids is 1. The second-order valence-corrected chi connectivity index (χ2v) is 5.27. The van der Waals surface area contributed by atoms with E-state index in [1.54, 1.807) is 18.2 Å². The summed E-state index contributed by atoms with van der Waals surface area (Å²) in [5, 5.41) is 3.13. The smallest absolute Gasteiger partial charge is 0.251 e. The van der Waals surface area contributed by atoms with Crippen LogP contribution in [-0.2, 0) is 6.42 Å². The fraction of sp³-hybridized carbons (Fsp3) is 0.133. The van der Waals surface area contributed by atoms with Crippen LogP contribution in [0.25, 0.3) is 0 Å². The SMILES string of the molecule is Nc1c(Cl)cc(C(=O)NCCc2ccccc2F)cc1Cl. The van der Waals surface area contributed by atoms with Crippen molar-refractivity contribution in [1.29, 1.82) is 0 Å². The molecule has 0 radical (unpaired) electrons. The van der Waals surface area contributed by atoms with Crippen molar-refractivity contribution in [3.63, 3.8) is 0 Å². The lowest BCUT2D eigenvalue weighted by molar-refractivity contribution is 0.0954. The largest absolute Gasteiger partial charge is 0.396 e. The predicted molar refractivity (Wildman–Crippen MR) is 83.3 cm³/mol. The molecule has 0 fully saturated rings. The number of hydrogen-bond acceptors (Lipinski definition) is 2. The Morgan fingerprint density at radius 2 is 1.81 bits per heavy atom. The Balaban J connectivity index is 1.98. The summed E-state index contributed by atoms with van der Waals surface area (Å²) in [5.41, 5.74) is 6.70. The summed E-state index contributed by atoms with van der Waals surface area (Å²) in [6, 6.07) is 9.33. The van der Waals surface area contributed by atoms with E-state index in [0.717, 1.165) is 0 Å². The van der Waals surface area contributed by atoms with E-state index in [1.165, 1.54) is 18.2 Å². The van der Waals surface area contributed by atoms with Gasteiger partial charge in [0, 0.05) is 12.1 Å². The minimum atomic E-state index is -0.338. The number of benzene rings is 2. The first-order valence-corrected chi connectivity index (χ1v) is 7.00. The highest BCUT2D eigenvalue weighted by molar-refractivity contribution is 6.39. The maximum atomic E-state index is 13.4. The zero-order valence-corrected chi connectivity index (χ0v) is 12.5. The summed E-state index contributed by atoms with van der Waals surface area (Å²) in [6.07, 6.45) is 0.398. The van der Waals surface area contributed by atoms with Crippen LogP contribution in [0.3, 0.4) is 0 Å². The van der Waals surface area contributed by atoms with Crippen molar-refractivity contribution in [3.8, 4) is 0 Å². The number of hydrogen-bond donors (Lipinski definition) is 2. The minimum absolute atomic E-state index is 0.224. The Hall–Kier alpha value is -1.78. The van der Waals surface area contributed by atoms with Crippen LogP contribution in [-0.4, -0.2) is 12.5 Å². The Morgan fingerprint density at radius 1 is 1.19 bits per heavy atom. The molecule has 2 aromatic carbocycles. The Kier molecular flexibility index (Phi) is 5.04. The summed E-state index contributed by atoms with van der Waals surface area (Å²) < 4.78 is 13.4. The second-order valence-electron chi connectivity index (χ2n) is 4.45. The van der Waals surface area contributed by atoms with Gasteiger partial charge in [-0.05, 0) is 30.2 Å². The molecule has 0 atom stereocenters. The number of nitrogen functional groups attached to an aromatic ring is 1. The zero-order chi connectivity index (χ0) is 15.4.